The molecule has 0 amide bonds. The molecule has 0 bridgehead atoms. The normalized spacial score (nSPS) is 35.3. The Labute approximate surface area is 197 Å². The number of H-pyrrole nitrogens is 1. The highest BCUT2D eigenvalue weighted by atomic mass is 16.1. The van der Waals surface area contributed by atoms with E-state index in [0.717, 1.165) is 41.8 Å². The fourth-order valence-electron chi connectivity index (χ4n) is 7.74. The lowest BCUT2D eigenvalue weighted by Gasteiger charge is -2.54. The number of aromatic nitrogens is 2. The molecule has 7 atom stereocenters. The zero-order valence-corrected chi connectivity index (χ0v) is 21.7. The predicted octanol–water partition coefficient (Wildman–Crippen LogP) is 7.16. The minimum atomic E-state index is 0.237. The molecule has 4 nitrogen and oxygen atoms in total. The van der Waals surface area contributed by atoms with Gasteiger partial charge >= 0.3 is 0 Å². The SMILES string of the molecule is C=NC.CC.CCCC1C(CC)CCC2C1CCC1(C)C(C(=O)Cc3ncc[nH]3)CCC21. The molecule has 3 fully saturated rings. The maximum Gasteiger partial charge on any atom is 0.144 e. The number of nitrogens with one attached hydrogen (secondary N) is 1. The monoisotopic (exact) mass is 443 g/mol. The van der Waals surface area contributed by atoms with Crippen LogP contribution in [-0.4, -0.2) is 29.5 Å². The van der Waals surface area contributed by atoms with E-state index >= 15 is 0 Å². The van der Waals surface area contributed by atoms with Crippen molar-refractivity contribution in [1.29, 1.82) is 0 Å². The molecule has 3 aliphatic carbocycles. The zero-order chi connectivity index (χ0) is 23.7. The first kappa shape index (κ1) is 26.8. The van der Waals surface area contributed by atoms with Crippen LogP contribution in [0.4, 0.5) is 0 Å². The van der Waals surface area contributed by atoms with Gasteiger partial charge in [0.05, 0.1) is 6.42 Å². The van der Waals surface area contributed by atoms with Gasteiger partial charge in [0.25, 0.3) is 0 Å². The van der Waals surface area contributed by atoms with E-state index in [0.29, 0.717) is 12.2 Å². The van der Waals surface area contributed by atoms with Crippen LogP contribution in [0.2, 0.25) is 0 Å². The molecular weight excluding hydrogens is 394 g/mol. The Morgan fingerprint density at radius 2 is 1.91 bits per heavy atom. The fourth-order valence-corrected chi connectivity index (χ4v) is 7.74. The first-order valence-corrected chi connectivity index (χ1v) is 13.4. The summed E-state index contributed by atoms with van der Waals surface area (Å²) in [5, 5.41) is 0. The van der Waals surface area contributed by atoms with Crippen molar-refractivity contribution >= 4 is 12.5 Å². The van der Waals surface area contributed by atoms with Gasteiger partial charge in [0.2, 0.25) is 0 Å². The van der Waals surface area contributed by atoms with Gasteiger partial charge in [0.15, 0.2) is 0 Å². The molecule has 32 heavy (non-hydrogen) atoms. The molecule has 182 valence electrons. The molecule has 3 saturated carbocycles. The zero-order valence-electron chi connectivity index (χ0n) is 21.7. The Morgan fingerprint density at radius 3 is 2.50 bits per heavy atom. The van der Waals surface area contributed by atoms with Crippen LogP contribution < -0.4 is 0 Å². The van der Waals surface area contributed by atoms with E-state index < -0.39 is 0 Å². The molecule has 7 unspecified atom stereocenters. The van der Waals surface area contributed by atoms with Crippen molar-refractivity contribution < 1.29 is 4.79 Å². The second-order valence-corrected chi connectivity index (χ2v) is 10.3. The van der Waals surface area contributed by atoms with Crippen LogP contribution in [0.15, 0.2) is 17.4 Å². The lowest BCUT2D eigenvalue weighted by atomic mass is 9.50. The maximum atomic E-state index is 13.1. The average Bonchev–Trinajstić information content (AvgIpc) is 3.43. The molecule has 0 radical (unpaired) electrons. The summed E-state index contributed by atoms with van der Waals surface area (Å²) < 4.78 is 0. The van der Waals surface area contributed by atoms with Crippen molar-refractivity contribution in [2.24, 2.45) is 45.9 Å². The predicted molar refractivity (Wildman–Crippen MR) is 136 cm³/mol. The average molecular weight is 444 g/mol. The molecule has 1 aromatic heterocycles. The summed E-state index contributed by atoms with van der Waals surface area (Å²) in [5.74, 6) is 6.01. The van der Waals surface area contributed by atoms with Crippen molar-refractivity contribution in [2.75, 3.05) is 7.05 Å². The molecule has 1 N–H and O–H groups in total. The Bertz CT molecular complexity index is 685. The highest BCUT2D eigenvalue weighted by Crippen LogP contribution is 2.63. The smallest absolute Gasteiger partial charge is 0.144 e. The van der Waals surface area contributed by atoms with E-state index in [1.807, 2.05) is 20.0 Å². The van der Waals surface area contributed by atoms with E-state index in [-0.39, 0.29) is 11.3 Å². The number of aromatic amines is 1. The third kappa shape index (κ3) is 5.54. The number of hydrogen-bond donors (Lipinski definition) is 1. The van der Waals surface area contributed by atoms with Crippen molar-refractivity contribution in [3.63, 3.8) is 0 Å². The molecule has 1 aromatic rings. The number of nitrogens with zero attached hydrogens (tertiary/aromatic N) is 2. The standard InChI is InChI=1S/C24H38N2O.C2H5N.C2H6/c1-4-6-17-16(5-2)7-8-19-18(17)11-12-24(3)20(19)9-10-21(24)22(27)15-23-25-13-14-26-23;1-3-2;1-2/h13-14,16-21H,4-12,15H2,1-3H3,(H,25,26);1H2,2H3;1-2H3. The Balaban J connectivity index is 0.000000671. The van der Waals surface area contributed by atoms with E-state index in [1.54, 1.807) is 13.2 Å². The second-order valence-electron chi connectivity index (χ2n) is 10.3. The number of Topliss-reactive ketones (excluding diaryl/α,β-unsaturated/α-hetero) is 1. The van der Waals surface area contributed by atoms with Gasteiger partial charge in [0, 0.05) is 25.4 Å². The number of aliphatic imine (C=N–C) groups is 1. The molecule has 0 aliphatic heterocycles. The number of rotatable bonds is 6. The number of hydrogen-bond acceptors (Lipinski definition) is 3. The molecule has 0 aromatic carbocycles. The number of carbonyl (C=O) groups excluding carboxylic acids is 1. The summed E-state index contributed by atoms with van der Waals surface area (Å²) in [4.78, 5) is 23.8. The Hall–Kier alpha value is -1.45. The number of imidazole rings is 1. The van der Waals surface area contributed by atoms with Gasteiger partial charge in [0.1, 0.15) is 11.6 Å². The summed E-state index contributed by atoms with van der Waals surface area (Å²) >= 11 is 0. The van der Waals surface area contributed by atoms with Gasteiger partial charge in [-0.25, -0.2) is 4.98 Å². The number of ketones is 1. The molecule has 3 aliphatic rings. The minimum absolute atomic E-state index is 0.237. The van der Waals surface area contributed by atoms with E-state index in [9.17, 15) is 4.79 Å². The molecule has 4 heteroatoms. The third-order valence-electron chi connectivity index (χ3n) is 8.95. The van der Waals surface area contributed by atoms with Crippen LogP contribution in [0.5, 0.6) is 0 Å². The first-order valence-electron chi connectivity index (χ1n) is 13.4. The van der Waals surface area contributed by atoms with Crippen molar-refractivity contribution in [3.8, 4) is 0 Å². The Kier molecular flexibility index (Phi) is 10.6. The summed E-state index contributed by atoms with van der Waals surface area (Å²) in [6.45, 7) is 14.3. The van der Waals surface area contributed by atoms with Crippen molar-refractivity contribution in [2.45, 2.75) is 98.8 Å². The van der Waals surface area contributed by atoms with Crippen molar-refractivity contribution in [1.82, 2.24) is 9.97 Å². The highest BCUT2D eigenvalue weighted by Gasteiger charge is 2.57. The minimum Gasteiger partial charge on any atom is -0.348 e. The highest BCUT2D eigenvalue weighted by molar-refractivity contribution is 5.83. The van der Waals surface area contributed by atoms with Crippen LogP contribution >= 0.6 is 0 Å². The molecule has 4 rings (SSSR count). The molecule has 1 heterocycles. The Morgan fingerprint density at radius 1 is 1.19 bits per heavy atom. The van der Waals surface area contributed by atoms with Gasteiger partial charge < -0.3 is 9.98 Å². The van der Waals surface area contributed by atoms with Gasteiger partial charge in [-0.15, -0.1) is 0 Å². The van der Waals surface area contributed by atoms with Gasteiger partial charge in [-0.2, -0.15) is 0 Å². The molecule has 0 spiro atoms. The van der Waals surface area contributed by atoms with E-state index in [2.05, 4.69) is 42.4 Å². The largest absolute Gasteiger partial charge is 0.348 e. The fraction of sp³-hybridized carbons (Fsp3) is 0.821. The summed E-state index contributed by atoms with van der Waals surface area (Å²) in [6, 6.07) is 0. The molecule has 0 saturated heterocycles. The maximum absolute atomic E-state index is 13.1. The van der Waals surface area contributed by atoms with Crippen LogP contribution in [-0.2, 0) is 11.2 Å². The summed E-state index contributed by atoms with van der Waals surface area (Å²) in [5.41, 5.74) is 0.237. The van der Waals surface area contributed by atoms with Crippen LogP contribution in [0.25, 0.3) is 0 Å². The third-order valence-corrected chi connectivity index (χ3v) is 8.95. The number of carbonyl (C=O) groups is 1. The van der Waals surface area contributed by atoms with Crippen LogP contribution in [0.1, 0.15) is 98.2 Å². The van der Waals surface area contributed by atoms with Crippen LogP contribution in [0, 0.1) is 40.9 Å². The number of fused-ring (bicyclic) bond motifs is 3. The van der Waals surface area contributed by atoms with Gasteiger partial charge in [-0.3, -0.25) is 4.79 Å². The van der Waals surface area contributed by atoms with Crippen molar-refractivity contribution in [3.05, 3.63) is 18.2 Å². The quantitative estimate of drug-likeness (QED) is 0.474. The van der Waals surface area contributed by atoms with Crippen LogP contribution in [0.3, 0.4) is 0 Å². The van der Waals surface area contributed by atoms with E-state index in [1.165, 1.54) is 51.4 Å². The topological polar surface area (TPSA) is 58.1 Å². The van der Waals surface area contributed by atoms with Gasteiger partial charge in [-0.1, -0.05) is 53.9 Å². The van der Waals surface area contributed by atoms with E-state index in [4.69, 9.17) is 0 Å². The molecular formula is C28H49N3O. The lowest BCUT2D eigenvalue weighted by Crippen LogP contribution is -2.48. The summed E-state index contributed by atoms with van der Waals surface area (Å²) in [7, 11) is 1.64. The summed E-state index contributed by atoms with van der Waals surface area (Å²) in [6.07, 6.45) is 16.1. The second kappa shape index (κ2) is 12.7. The first-order chi connectivity index (χ1) is 15.5. The lowest BCUT2D eigenvalue weighted by molar-refractivity contribution is -0.129. The van der Waals surface area contributed by atoms with Gasteiger partial charge in [-0.05, 0) is 80.2 Å².